The monoisotopic (exact) mass is 342 g/mol. The Balaban J connectivity index is 1.55. The van der Waals surface area contributed by atoms with Crippen LogP contribution in [0.4, 0.5) is 0 Å². The molecule has 1 atom stereocenters. The van der Waals surface area contributed by atoms with Crippen molar-refractivity contribution in [3.63, 3.8) is 0 Å². The summed E-state index contributed by atoms with van der Waals surface area (Å²) in [6, 6.07) is 6.87. The Labute approximate surface area is 138 Å². The number of rotatable bonds is 5. The van der Waals surface area contributed by atoms with E-state index in [2.05, 4.69) is 10.1 Å². The number of benzene rings is 1. The summed E-state index contributed by atoms with van der Waals surface area (Å²) in [6.07, 6.45) is -0.656. The van der Waals surface area contributed by atoms with E-state index in [4.69, 9.17) is 32.8 Å². The molecule has 2 heterocycles. The average molecular weight is 343 g/mol. The summed E-state index contributed by atoms with van der Waals surface area (Å²) in [4.78, 5) is 2.12. The van der Waals surface area contributed by atoms with E-state index in [-0.39, 0.29) is 12.5 Å². The highest BCUT2D eigenvalue weighted by atomic mass is 35.5. The highest BCUT2D eigenvalue weighted by Crippen LogP contribution is 2.31. The highest BCUT2D eigenvalue weighted by molar-refractivity contribution is 6.35. The van der Waals surface area contributed by atoms with E-state index >= 15 is 0 Å². The van der Waals surface area contributed by atoms with E-state index in [1.54, 1.807) is 24.3 Å². The van der Waals surface area contributed by atoms with Crippen LogP contribution in [-0.4, -0.2) is 39.9 Å². The predicted octanol–water partition coefficient (Wildman–Crippen LogP) is 2.61. The third-order valence-electron chi connectivity index (χ3n) is 3.86. The minimum atomic E-state index is -0.656. The minimum Gasteiger partial charge on any atom is -0.388 e. The molecule has 1 aliphatic rings. The van der Waals surface area contributed by atoms with Gasteiger partial charge in [-0.25, -0.2) is 0 Å². The highest BCUT2D eigenvalue weighted by Gasteiger charge is 2.32. The standard InChI is InChI=1S/C15H16Cl2N2O3/c16-10-1-2-12(13(17)3-10)15(21)7-19-5-9(6-19)14-4-11(8-20)22-18-14/h1-4,9,15,20-21H,5-8H2. The van der Waals surface area contributed by atoms with E-state index in [0.29, 0.717) is 27.9 Å². The zero-order chi connectivity index (χ0) is 15.7. The third kappa shape index (κ3) is 3.29. The Bertz CT molecular complexity index is 656. The van der Waals surface area contributed by atoms with Gasteiger partial charge in [0.15, 0.2) is 5.76 Å². The number of nitrogens with zero attached hydrogens (tertiary/aromatic N) is 2. The summed E-state index contributed by atoms with van der Waals surface area (Å²) in [5, 5.41) is 24.2. The number of aliphatic hydroxyl groups excluding tert-OH is 2. The summed E-state index contributed by atoms with van der Waals surface area (Å²) in [6.45, 7) is 1.94. The van der Waals surface area contributed by atoms with Crippen molar-refractivity contribution in [2.75, 3.05) is 19.6 Å². The number of likely N-dealkylation sites (tertiary alicyclic amines) is 1. The van der Waals surface area contributed by atoms with Crippen LogP contribution in [0, 0.1) is 0 Å². The molecule has 1 aromatic carbocycles. The molecule has 22 heavy (non-hydrogen) atoms. The number of aromatic nitrogens is 1. The van der Waals surface area contributed by atoms with Gasteiger partial charge in [0.1, 0.15) is 6.61 Å². The van der Waals surface area contributed by atoms with Crippen molar-refractivity contribution in [1.82, 2.24) is 10.1 Å². The minimum absolute atomic E-state index is 0.142. The maximum atomic E-state index is 10.3. The smallest absolute Gasteiger partial charge is 0.162 e. The van der Waals surface area contributed by atoms with Gasteiger partial charge in [0.05, 0.1) is 11.8 Å². The van der Waals surface area contributed by atoms with Gasteiger partial charge < -0.3 is 14.7 Å². The Kier molecular flexibility index (Phi) is 4.70. The number of halogens is 2. The lowest BCUT2D eigenvalue weighted by molar-refractivity contribution is 0.0627. The largest absolute Gasteiger partial charge is 0.388 e. The normalized spacial score (nSPS) is 17.5. The van der Waals surface area contributed by atoms with Gasteiger partial charge in [-0.1, -0.05) is 34.4 Å². The first-order valence-corrected chi connectivity index (χ1v) is 7.74. The third-order valence-corrected chi connectivity index (χ3v) is 4.42. The van der Waals surface area contributed by atoms with Crippen molar-refractivity contribution in [1.29, 1.82) is 0 Å². The van der Waals surface area contributed by atoms with Gasteiger partial charge in [-0.15, -0.1) is 0 Å². The Morgan fingerprint density at radius 1 is 1.32 bits per heavy atom. The van der Waals surface area contributed by atoms with Crippen LogP contribution in [0.3, 0.4) is 0 Å². The molecule has 7 heteroatoms. The van der Waals surface area contributed by atoms with Gasteiger partial charge >= 0.3 is 0 Å². The Hall–Kier alpha value is -1.11. The summed E-state index contributed by atoms with van der Waals surface area (Å²) in [5.41, 5.74) is 1.53. The maximum Gasteiger partial charge on any atom is 0.162 e. The van der Waals surface area contributed by atoms with Crippen molar-refractivity contribution in [3.8, 4) is 0 Å². The lowest BCUT2D eigenvalue weighted by Gasteiger charge is -2.39. The van der Waals surface area contributed by atoms with Crippen LogP contribution >= 0.6 is 23.2 Å². The fourth-order valence-electron chi connectivity index (χ4n) is 2.62. The number of hydrogen-bond donors (Lipinski definition) is 2. The summed E-state index contributed by atoms with van der Waals surface area (Å²) >= 11 is 12.0. The molecule has 118 valence electrons. The average Bonchev–Trinajstić information content (AvgIpc) is 2.90. The summed E-state index contributed by atoms with van der Waals surface area (Å²) < 4.78 is 4.99. The van der Waals surface area contributed by atoms with Crippen LogP contribution in [0.25, 0.3) is 0 Å². The van der Waals surface area contributed by atoms with E-state index in [1.165, 1.54) is 0 Å². The van der Waals surface area contributed by atoms with Crippen molar-refractivity contribution < 1.29 is 14.7 Å². The second kappa shape index (κ2) is 6.56. The van der Waals surface area contributed by atoms with E-state index in [0.717, 1.165) is 18.8 Å². The Morgan fingerprint density at radius 2 is 2.09 bits per heavy atom. The summed E-state index contributed by atoms with van der Waals surface area (Å²) in [5.74, 6) is 0.748. The van der Waals surface area contributed by atoms with Crippen molar-refractivity contribution >= 4 is 23.2 Å². The molecule has 0 aliphatic carbocycles. The zero-order valence-electron chi connectivity index (χ0n) is 11.7. The molecule has 2 N–H and O–H groups in total. The molecule has 2 aromatic rings. The molecule has 1 saturated heterocycles. The zero-order valence-corrected chi connectivity index (χ0v) is 13.3. The van der Waals surface area contributed by atoms with Gasteiger partial charge in [-0.05, 0) is 12.1 Å². The molecular weight excluding hydrogens is 327 g/mol. The molecule has 0 amide bonds. The molecule has 0 bridgehead atoms. The SMILES string of the molecule is OCc1cc(C2CN(CC(O)c3ccc(Cl)cc3Cl)C2)no1. The second-order valence-electron chi connectivity index (χ2n) is 5.47. The first kappa shape index (κ1) is 15.8. The molecule has 0 saturated carbocycles. The van der Waals surface area contributed by atoms with Crippen LogP contribution in [0.2, 0.25) is 10.0 Å². The predicted molar refractivity (Wildman–Crippen MR) is 83.0 cm³/mol. The number of β-amino-alcohol motifs (C(OH)–C–C–N with tert-alkyl or cyclic N) is 1. The second-order valence-corrected chi connectivity index (χ2v) is 6.32. The van der Waals surface area contributed by atoms with Gasteiger partial charge in [0.2, 0.25) is 0 Å². The van der Waals surface area contributed by atoms with E-state index in [1.807, 2.05) is 0 Å². The fourth-order valence-corrected chi connectivity index (χ4v) is 3.15. The van der Waals surface area contributed by atoms with Gasteiger partial charge in [-0.2, -0.15) is 0 Å². The van der Waals surface area contributed by atoms with Crippen LogP contribution in [0.5, 0.6) is 0 Å². The number of hydrogen-bond acceptors (Lipinski definition) is 5. The molecule has 5 nitrogen and oxygen atoms in total. The van der Waals surface area contributed by atoms with Crippen LogP contribution < -0.4 is 0 Å². The van der Waals surface area contributed by atoms with Crippen LogP contribution in [0.1, 0.15) is 29.0 Å². The molecule has 0 radical (unpaired) electrons. The van der Waals surface area contributed by atoms with Crippen molar-refractivity contribution in [2.24, 2.45) is 0 Å². The first-order chi connectivity index (χ1) is 10.6. The molecule has 0 spiro atoms. The van der Waals surface area contributed by atoms with E-state index < -0.39 is 6.10 Å². The maximum absolute atomic E-state index is 10.3. The Morgan fingerprint density at radius 3 is 2.73 bits per heavy atom. The van der Waals surface area contributed by atoms with Crippen LogP contribution in [0.15, 0.2) is 28.8 Å². The van der Waals surface area contributed by atoms with Gasteiger partial charge in [0, 0.05) is 47.2 Å². The molecule has 1 aliphatic heterocycles. The lowest BCUT2D eigenvalue weighted by atomic mass is 9.95. The van der Waals surface area contributed by atoms with Crippen LogP contribution in [-0.2, 0) is 6.61 Å². The molecule has 3 rings (SSSR count). The van der Waals surface area contributed by atoms with Crippen molar-refractivity contribution in [2.45, 2.75) is 18.6 Å². The van der Waals surface area contributed by atoms with Gasteiger partial charge in [-0.3, -0.25) is 4.90 Å². The molecule has 1 fully saturated rings. The first-order valence-electron chi connectivity index (χ1n) is 6.98. The van der Waals surface area contributed by atoms with E-state index in [9.17, 15) is 5.11 Å². The molecule has 1 unspecified atom stereocenters. The van der Waals surface area contributed by atoms with Gasteiger partial charge in [0.25, 0.3) is 0 Å². The number of aliphatic hydroxyl groups is 2. The molecular formula is C15H16Cl2N2O3. The molecule has 1 aromatic heterocycles. The quantitative estimate of drug-likeness (QED) is 0.873. The summed E-state index contributed by atoms with van der Waals surface area (Å²) in [7, 11) is 0. The lowest BCUT2D eigenvalue weighted by Crippen LogP contribution is -2.46. The fraction of sp³-hybridized carbons (Fsp3) is 0.400. The topological polar surface area (TPSA) is 69.7 Å². The van der Waals surface area contributed by atoms with Crippen molar-refractivity contribution in [3.05, 3.63) is 51.3 Å².